The molecule has 296 valence electrons. The van der Waals surface area contributed by atoms with E-state index in [2.05, 4.69) is 4.74 Å². The van der Waals surface area contributed by atoms with Gasteiger partial charge in [-0.3, -0.25) is 9.59 Å². The number of aromatic nitrogens is 4. The normalized spacial score (nSPS) is 10.7. The van der Waals surface area contributed by atoms with Crippen LogP contribution in [0.1, 0.15) is 11.4 Å². The molecule has 0 saturated heterocycles. The molecule has 14 nitrogen and oxygen atoms in total. The van der Waals surface area contributed by atoms with Gasteiger partial charge >= 0.3 is 17.3 Å². The molecule has 6 aromatic rings. The summed E-state index contributed by atoms with van der Waals surface area (Å²) >= 11 is 12.1. The zero-order valence-electron chi connectivity index (χ0n) is 30.7. The maximum absolute atomic E-state index is 14.7. The topological polar surface area (TPSA) is 162 Å². The monoisotopic (exact) mass is 824 g/mol. The molecule has 0 aliphatic carbocycles. The van der Waals surface area contributed by atoms with Crippen LogP contribution in [0, 0.1) is 25.5 Å². The summed E-state index contributed by atoms with van der Waals surface area (Å²) in [5, 5.41) is 9.63. The number of nitrogens with zero attached hydrogens (tertiary/aromatic N) is 4. The first-order chi connectivity index (χ1) is 27.0. The second-order valence-electron chi connectivity index (χ2n) is 12.1. The molecular weight excluding hydrogens is 793 g/mol. The van der Waals surface area contributed by atoms with E-state index in [1.54, 1.807) is 50.2 Å². The van der Waals surface area contributed by atoms with Crippen molar-refractivity contribution in [2.45, 2.75) is 13.8 Å². The van der Waals surface area contributed by atoms with Gasteiger partial charge in [0.25, 0.3) is 11.1 Å². The largest absolute Gasteiger partial charge is 0.504 e. The minimum atomic E-state index is -0.879. The third-order valence-corrected chi connectivity index (χ3v) is 8.92. The predicted molar refractivity (Wildman–Crippen MR) is 206 cm³/mol. The number of hydrogen-bond acceptors (Lipinski definition) is 10. The highest BCUT2D eigenvalue weighted by atomic mass is 35.5. The quantitative estimate of drug-likeness (QED) is 0.168. The van der Waals surface area contributed by atoms with Gasteiger partial charge in [-0.1, -0.05) is 47.5 Å². The lowest BCUT2D eigenvalue weighted by molar-refractivity contribution is -0.142. The van der Waals surface area contributed by atoms with Gasteiger partial charge in [0.1, 0.15) is 23.1 Å². The molecule has 0 aliphatic rings. The number of halogens is 4. The van der Waals surface area contributed by atoms with E-state index >= 15 is 0 Å². The van der Waals surface area contributed by atoms with Gasteiger partial charge < -0.3 is 33.2 Å². The number of phenolic OH excluding ortho intramolecular Hbond substituents is 1. The average Bonchev–Trinajstić information content (AvgIpc) is 3.17. The number of hydrogen-bond donors (Lipinski definition) is 1. The smallest absolute Gasteiger partial charge is 0.343 e. The lowest BCUT2D eigenvalue weighted by Gasteiger charge is -2.15. The van der Waals surface area contributed by atoms with Crippen LogP contribution in [0.2, 0.25) is 10.0 Å². The first-order valence-corrected chi connectivity index (χ1v) is 17.3. The lowest BCUT2D eigenvalue weighted by atomic mass is 10.2. The molecule has 0 amide bonds. The van der Waals surface area contributed by atoms with E-state index < -0.39 is 40.1 Å². The summed E-state index contributed by atoms with van der Waals surface area (Å²) in [5.74, 6) is -2.03. The Morgan fingerprint density at radius 2 is 1.07 bits per heavy atom. The van der Waals surface area contributed by atoms with Crippen molar-refractivity contribution in [3.05, 3.63) is 160 Å². The molecular formula is C39H32Cl2F2N4O10. The number of aromatic hydroxyl groups is 1. The molecule has 0 spiro atoms. The number of methoxy groups -OCH3 is 1. The van der Waals surface area contributed by atoms with Crippen LogP contribution >= 0.6 is 23.2 Å². The molecule has 0 aliphatic heterocycles. The van der Waals surface area contributed by atoms with Crippen molar-refractivity contribution in [1.82, 2.24) is 18.3 Å². The molecule has 0 unspecified atom stereocenters. The van der Waals surface area contributed by atoms with Crippen LogP contribution in [0.3, 0.4) is 0 Å². The number of aryl methyl sites for hydroxylation is 2. The van der Waals surface area contributed by atoms with Gasteiger partial charge in [0, 0.05) is 49.7 Å². The number of benzene rings is 4. The fourth-order valence-electron chi connectivity index (χ4n) is 5.08. The Balaban J connectivity index is 0.000000221. The standard InChI is InChI=1S/C21H18ClFN2O6.C18H14ClFN2O4/c1-12-8-19(26)25(21(28)24(12)2)15-10-18(13(22)9-14(15)23)31-17-7-5-4-6-16(17)30-11-20(27)29-3;1-10-7-17(24)22(18(25)21(10)2)13-9-16(11(19)8-12(13)20)26-15-6-4-3-5-14(15)23/h4-10H,11H2,1-3H3;3-9,23H,1-2H3. The van der Waals surface area contributed by atoms with Crippen molar-refractivity contribution in [3.8, 4) is 45.9 Å². The lowest BCUT2D eigenvalue weighted by Crippen LogP contribution is -2.38. The summed E-state index contributed by atoms with van der Waals surface area (Å²) in [5.41, 5.74) is -2.56. The minimum Gasteiger partial charge on any atom is -0.504 e. The number of para-hydroxylation sites is 4. The molecule has 0 fully saturated rings. The van der Waals surface area contributed by atoms with E-state index in [1.165, 1.54) is 54.6 Å². The van der Waals surface area contributed by atoms with E-state index in [0.717, 1.165) is 24.3 Å². The van der Waals surface area contributed by atoms with Gasteiger partial charge in [-0.05, 0) is 50.2 Å². The molecule has 0 atom stereocenters. The number of esters is 1. The average molecular weight is 826 g/mol. The van der Waals surface area contributed by atoms with E-state index in [1.807, 2.05) is 0 Å². The van der Waals surface area contributed by atoms with Crippen molar-refractivity contribution in [2.24, 2.45) is 14.1 Å². The van der Waals surface area contributed by atoms with Crippen LogP contribution in [-0.4, -0.2) is 43.1 Å². The van der Waals surface area contributed by atoms with E-state index in [0.29, 0.717) is 20.5 Å². The molecule has 0 bridgehead atoms. The van der Waals surface area contributed by atoms with Gasteiger partial charge in [0.2, 0.25) is 0 Å². The minimum absolute atomic E-state index is 0.0147. The second-order valence-corrected chi connectivity index (χ2v) is 12.9. The maximum atomic E-state index is 14.7. The highest BCUT2D eigenvalue weighted by Gasteiger charge is 2.20. The van der Waals surface area contributed by atoms with Crippen LogP contribution in [0.5, 0.6) is 34.5 Å². The Bertz CT molecular complexity index is 2760. The van der Waals surface area contributed by atoms with Crippen LogP contribution in [0.4, 0.5) is 8.78 Å². The highest BCUT2D eigenvalue weighted by Crippen LogP contribution is 2.38. The van der Waals surface area contributed by atoms with Gasteiger partial charge in [-0.2, -0.15) is 0 Å². The van der Waals surface area contributed by atoms with Crippen LogP contribution in [0.25, 0.3) is 11.4 Å². The Morgan fingerprint density at radius 1 is 0.649 bits per heavy atom. The summed E-state index contributed by atoms with van der Waals surface area (Å²) in [6, 6.07) is 19.2. The molecule has 2 heterocycles. The van der Waals surface area contributed by atoms with Gasteiger partial charge in [-0.15, -0.1) is 0 Å². The number of rotatable bonds is 9. The van der Waals surface area contributed by atoms with Crippen molar-refractivity contribution in [2.75, 3.05) is 13.7 Å². The Morgan fingerprint density at radius 3 is 1.53 bits per heavy atom. The number of ether oxygens (including phenoxy) is 4. The first-order valence-electron chi connectivity index (χ1n) is 16.5. The fourth-order valence-corrected chi connectivity index (χ4v) is 5.46. The SMILES string of the molecule is COC(=O)COc1ccccc1Oc1cc(-n2c(=O)cc(C)n(C)c2=O)c(F)cc1Cl.Cc1cc(=O)n(-c2cc(Oc3ccccc3O)c(Cl)cc2F)c(=O)n1C. The van der Waals surface area contributed by atoms with Crippen LogP contribution in [0.15, 0.2) is 104 Å². The van der Waals surface area contributed by atoms with E-state index in [9.17, 15) is 37.9 Å². The van der Waals surface area contributed by atoms with Crippen molar-refractivity contribution < 1.29 is 37.6 Å². The Labute approximate surface area is 331 Å². The predicted octanol–water partition coefficient (Wildman–Crippen LogP) is 6.12. The maximum Gasteiger partial charge on any atom is 0.343 e. The summed E-state index contributed by atoms with van der Waals surface area (Å²) in [6.45, 7) is 2.83. The van der Waals surface area contributed by atoms with Crippen molar-refractivity contribution in [3.63, 3.8) is 0 Å². The molecule has 4 aromatic carbocycles. The highest BCUT2D eigenvalue weighted by molar-refractivity contribution is 6.32. The molecule has 18 heteroatoms. The Hall–Kier alpha value is -6.65. The summed E-state index contributed by atoms with van der Waals surface area (Å²) in [7, 11) is 4.17. The van der Waals surface area contributed by atoms with E-state index in [4.69, 9.17) is 37.4 Å². The van der Waals surface area contributed by atoms with Crippen molar-refractivity contribution >= 4 is 29.2 Å². The van der Waals surface area contributed by atoms with Gasteiger partial charge in [-0.25, -0.2) is 32.3 Å². The number of phenols is 1. The van der Waals surface area contributed by atoms with Crippen LogP contribution < -0.4 is 36.7 Å². The number of carbonyl (C=O) groups excluding carboxylic acids is 1. The molecule has 0 saturated carbocycles. The number of carbonyl (C=O) groups is 1. The summed E-state index contributed by atoms with van der Waals surface area (Å²) in [6.07, 6.45) is 0. The third kappa shape index (κ3) is 9.09. The van der Waals surface area contributed by atoms with E-state index in [-0.39, 0.29) is 62.5 Å². The molecule has 6 rings (SSSR count). The Kier molecular flexibility index (Phi) is 12.7. The van der Waals surface area contributed by atoms with Crippen molar-refractivity contribution in [1.29, 1.82) is 0 Å². The molecule has 57 heavy (non-hydrogen) atoms. The molecule has 0 radical (unpaired) electrons. The first kappa shape index (κ1) is 41.5. The third-order valence-electron chi connectivity index (χ3n) is 8.33. The van der Waals surface area contributed by atoms with Crippen LogP contribution in [-0.2, 0) is 23.6 Å². The van der Waals surface area contributed by atoms with Gasteiger partial charge in [0.05, 0.1) is 28.5 Å². The molecule has 2 aromatic heterocycles. The summed E-state index contributed by atoms with van der Waals surface area (Å²) < 4.78 is 54.1. The fraction of sp³-hybridized carbons (Fsp3) is 0.154. The molecule has 1 N–H and O–H groups in total. The zero-order valence-corrected chi connectivity index (χ0v) is 32.2. The van der Waals surface area contributed by atoms with Gasteiger partial charge in [0.15, 0.2) is 29.6 Å². The summed E-state index contributed by atoms with van der Waals surface area (Å²) in [4.78, 5) is 61.0. The second kappa shape index (κ2) is 17.4. The zero-order chi connectivity index (χ0) is 41.7.